The molecule has 0 aliphatic rings. The molecule has 0 aliphatic carbocycles. The summed E-state index contributed by atoms with van der Waals surface area (Å²) in [5.74, 6) is 0. The number of hydrogen-bond donors (Lipinski definition) is 1. The van der Waals surface area contributed by atoms with E-state index < -0.39 is 6.10 Å². The second-order valence-electron chi connectivity index (χ2n) is 4.58. The molecule has 20 heavy (non-hydrogen) atoms. The summed E-state index contributed by atoms with van der Waals surface area (Å²) in [6.45, 7) is 0. The molecule has 100 valence electrons. The van der Waals surface area contributed by atoms with E-state index >= 15 is 0 Å². The lowest BCUT2D eigenvalue weighted by atomic mass is 10.1. The number of hydrogen-bond acceptors (Lipinski definition) is 3. The van der Waals surface area contributed by atoms with Crippen molar-refractivity contribution in [1.29, 1.82) is 0 Å². The first kappa shape index (κ1) is 12.6. The van der Waals surface area contributed by atoms with Crippen molar-refractivity contribution >= 4 is 0 Å². The zero-order valence-corrected chi connectivity index (χ0v) is 10.9. The predicted molar refractivity (Wildman–Crippen MR) is 76.5 cm³/mol. The molecule has 2 aromatic heterocycles. The van der Waals surface area contributed by atoms with Crippen molar-refractivity contribution in [2.24, 2.45) is 0 Å². The lowest BCUT2D eigenvalue weighted by molar-refractivity contribution is 0.170. The van der Waals surface area contributed by atoms with E-state index in [1.165, 1.54) is 0 Å². The molecular formula is C16H15N3O. The van der Waals surface area contributed by atoms with E-state index in [4.69, 9.17) is 0 Å². The van der Waals surface area contributed by atoms with Crippen molar-refractivity contribution in [3.63, 3.8) is 0 Å². The summed E-state index contributed by atoms with van der Waals surface area (Å²) in [6, 6.07) is 15.5. The van der Waals surface area contributed by atoms with Crippen LogP contribution in [-0.4, -0.2) is 19.9 Å². The van der Waals surface area contributed by atoms with Crippen molar-refractivity contribution in [2.75, 3.05) is 0 Å². The molecule has 3 rings (SSSR count). The number of rotatable bonds is 4. The summed E-state index contributed by atoms with van der Waals surface area (Å²) in [5, 5.41) is 14.7. The molecule has 1 N–H and O–H groups in total. The molecule has 4 heteroatoms. The third-order valence-electron chi connectivity index (χ3n) is 3.19. The fourth-order valence-corrected chi connectivity index (χ4v) is 2.20. The van der Waals surface area contributed by atoms with Crippen LogP contribution in [0.3, 0.4) is 0 Å². The number of pyridine rings is 1. The molecular weight excluding hydrogens is 250 g/mol. The Morgan fingerprint density at radius 3 is 2.45 bits per heavy atom. The maximum atomic E-state index is 10.4. The van der Waals surface area contributed by atoms with E-state index in [2.05, 4.69) is 10.1 Å². The van der Waals surface area contributed by atoms with Gasteiger partial charge in [-0.3, -0.25) is 4.98 Å². The molecule has 0 saturated carbocycles. The number of nitrogens with zero attached hydrogens (tertiary/aromatic N) is 3. The minimum absolute atomic E-state index is 0.543. The summed E-state index contributed by atoms with van der Waals surface area (Å²) in [6.07, 6.45) is 5.12. The highest BCUT2D eigenvalue weighted by Gasteiger charge is 2.14. The van der Waals surface area contributed by atoms with Crippen molar-refractivity contribution in [3.05, 3.63) is 78.4 Å². The third kappa shape index (κ3) is 2.60. The van der Waals surface area contributed by atoms with E-state index in [-0.39, 0.29) is 0 Å². The summed E-state index contributed by atoms with van der Waals surface area (Å²) >= 11 is 0. The molecule has 3 aromatic rings. The van der Waals surface area contributed by atoms with Crippen LogP contribution < -0.4 is 0 Å². The van der Waals surface area contributed by atoms with E-state index in [1.807, 2.05) is 48.5 Å². The molecule has 1 unspecified atom stereocenters. The van der Waals surface area contributed by atoms with Gasteiger partial charge >= 0.3 is 0 Å². The monoisotopic (exact) mass is 265 g/mol. The maximum Gasteiger partial charge on any atom is 0.100 e. The highest BCUT2D eigenvalue weighted by Crippen LogP contribution is 2.20. The van der Waals surface area contributed by atoms with Gasteiger partial charge < -0.3 is 5.11 Å². The van der Waals surface area contributed by atoms with Crippen LogP contribution in [-0.2, 0) is 6.42 Å². The fourth-order valence-electron chi connectivity index (χ4n) is 2.20. The third-order valence-corrected chi connectivity index (χ3v) is 3.19. The van der Waals surface area contributed by atoms with Crippen molar-refractivity contribution in [3.8, 4) is 5.69 Å². The Labute approximate surface area is 117 Å². The fraction of sp³-hybridized carbons (Fsp3) is 0.125. The summed E-state index contributed by atoms with van der Waals surface area (Å²) in [4.78, 5) is 3.98. The zero-order chi connectivity index (χ0) is 13.8. The standard InChI is InChI=1S/C16H15N3O/c20-16(12-13-6-9-17-10-7-13)15-8-11-18-19(15)14-4-2-1-3-5-14/h1-11,16,20H,12H2. The van der Waals surface area contributed by atoms with E-state index in [0.717, 1.165) is 16.9 Å². The van der Waals surface area contributed by atoms with Gasteiger partial charge in [-0.1, -0.05) is 18.2 Å². The van der Waals surface area contributed by atoms with Crippen LogP contribution in [0.1, 0.15) is 17.4 Å². The number of aromatic nitrogens is 3. The van der Waals surface area contributed by atoms with Gasteiger partial charge in [-0.15, -0.1) is 0 Å². The number of aliphatic hydroxyl groups excluding tert-OH is 1. The highest BCUT2D eigenvalue weighted by molar-refractivity contribution is 5.33. The molecule has 1 aromatic carbocycles. The quantitative estimate of drug-likeness (QED) is 0.788. The van der Waals surface area contributed by atoms with Crippen molar-refractivity contribution < 1.29 is 5.11 Å². The normalized spacial score (nSPS) is 12.2. The van der Waals surface area contributed by atoms with Gasteiger partial charge in [-0.05, 0) is 35.9 Å². The van der Waals surface area contributed by atoms with Crippen LogP contribution >= 0.6 is 0 Å². The first-order chi connectivity index (χ1) is 9.84. The molecule has 0 amide bonds. The van der Waals surface area contributed by atoms with Gasteiger partial charge in [-0.25, -0.2) is 4.68 Å². The minimum Gasteiger partial charge on any atom is -0.386 e. The Hall–Kier alpha value is -2.46. The molecule has 0 fully saturated rings. The largest absolute Gasteiger partial charge is 0.386 e. The average molecular weight is 265 g/mol. The molecule has 0 aliphatic heterocycles. The molecule has 1 atom stereocenters. The first-order valence-corrected chi connectivity index (χ1v) is 6.51. The number of aliphatic hydroxyl groups is 1. The highest BCUT2D eigenvalue weighted by atomic mass is 16.3. The molecule has 0 bridgehead atoms. The number of para-hydroxylation sites is 1. The van der Waals surface area contributed by atoms with Gasteiger partial charge in [-0.2, -0.15) is 5.10 Å². The second kappa shape index (κ2) is 5.67. The second-order valence-corrected chi connectivity index (χ2v) is 4.58. The Kier molecular flexibility index (Phi) is 3.56. The lowest BCUT2D eigenvalue weighted by Gasteiger charge is -2.13. The van der Waals surface area contributed by atoms with Crippen LogP contribution in [0.15, 0.2) is 67.1 Å². The van der Waals surface area contributed by atoms with Crippen LogP contribution in [0.2, 0.25) is 0 Å². The van der Waals surface area contributed by atoms with Gasteiger partial charge in [0.2, 0.25) is 0 Å². The molecule has 4 nitrogen and oxygen atoms in total. The first-order valence-electron chi connectivity index (χ1n) is 6.51. The zero-order valence-electron chi connectivity index (χ0n) is 10.9. The Bertz CT molecular complexity index is 664. The van der Waals surface area contributed by atoms with Crippen LogP contribution in [0.5, 0.6) is 0 Å². The molecule has 2 heterocycles. The predicted octanol–water partition coefficient (Wildman–Crippen LogP) is 2.54. The van der Waals surface area contributed by atoms with Crippen LogP contribution in [0.25, 0.3) is 5.69 Å². The maximum absolute atomic E-state index is 10.4. The van der Waals surface area contributed by atoms with Crippen LogP contribution in [0.4, 0.5) is 0 Å². The van der Waals surface area contributed by atoms with Crippen molar-refractivity contribution in [2.45, 2.75) is 12.5 Å². The topological polar surface area (TPSA) is 50.9 Å². The minimum atomic E-state index is -0.597. The van der Waals surface area contributed by atoms with Gasteiger partial charge in [0, 0.05) is 25.0 Å². The molecule has 0 spiro atoms. The summed E-state index contributed by atoms with van der Waals surface area (Å²) in [7, 11) is 0. The SMILES string of the molecule is OC(Cc1ccncc1)c1ccnn1-c1ccccc1. The van der Waals surface area contributed by atoms with E-state index in [1.54, 1.807) is 23.3 Å². The van der Waals surface area contributed by atoms with Gasteiger partial charge in [0.25, 0.3) is 0 Å². The van der Waals surface area contributed by atoms with Gasteiger partial charge in [0.05, 0.1) is 11.4 Å². The lowest BCUT2D eigenvalue weighted by Crippen LogP contribution is -2.09. The Balaban J connectivity index is 1.86. The molecule has 0 radical (unpaired) electrons. The number of benzene rings is 1. The van der Waals surface area contributed by atoms with Crippen molar-refractivity contribution in [1.82, 2.24) is 14.8 Å². The van der Waals surface area contributed by atoms with Gasteiger partial charge in [0.1, 0.15) is 6.10 Å². The van der Waals surface area contributed by atoms with Gasteiger partial charge in [0.15, 0.2) is 0 Å². The van der Waals surface area contributed by atoms with E-state index in [9.17, 15) is 5.11 Å². The summed E-state index contributed by atoms with van der Waals surface area (Å²) in [5.41, 5.74) is 2.78. The molecule has 0 saturated heterocycles. The summed E-state index contributed by atoms with van der Waals surface area (Å²) < 4.78 is 1.77. The van der Waals surface area contributed by atoms with E-state index in [0.29, 0.717) is 6.42 Å². The Morgan fingerprint density at radius 1 is 0.950 bits per heavy atom. The smallest absolute Gasteiger partial charge is 0.100 e. The average Bonchev–Trinajstić information content (AvgIpc) is 2.99. The Morgan fingerprint density at radius 2 is 1.70 bits per heavy atom. The van der Waals surface area contributed by atoms with Crippen LogP contribution in [0, 0.1) is 0 Å².